The molecular weight excluding hydrogens is 403 g/mol. The van der Waals surface area contributed by atoms with Crippen molar-refractivity contribution in [3.8, 4) is 11.8 Å². The molecule has 1 saturated carbocycles. The molecule has 0 bridgehead atoms. The average Bonchev–Trinajstić information content (AvgIpc) is 2.85. The second kappa shape index (κ2) is 11.3. The summed E-state index contributed by atoms with van der Waals surface area (Å²) in [5.41, 5.74) is 4.08. The lowest BCUT2D eigenvalue weighted by Crippen LogP contribution is -2.12. The number of rotatable bonds is 7. The minimum absolute atomic E-state index is 0.211. The Bertz CT molecular complexity index is 1130. The van der Waals surface area contributed by atoms with Crippen LogP contribution in [0.1, 0.15) is 86.5 Å². The SMILES string of the molecule is C=CCC1CCC(c2ccc3c(F)c(C#Cc4ccc(CCCCC)cc4)ccc3c2)CC1. The van der Waals surface area contributed by atoms with E-state index < -0.39 is 0 Å². The third-order valence-electron chi connectivity index (χ3n) is 7.16. The van der Waals surface area contributed by atoms with Gasteiger partial charge in [-0.05, 0) is 91.5 Å². The van der Waals surface area contributed by atoms with Crippen LogP contribution in [-0.4, -0.2) is 0 Å². The molecule has 1 aliphatic rings. The van der Waals surface area contributed by atoms with Gasteiger partial charge in [-0.3, -0.25) is 0 Å². The molecule has 4 rings (SSSR count). The van der Waals surface area contributed by atoms with Crippen molar-refractivity contribution < 1.29 is 4.39 Å². The minimum atomic E-state index is -0.211. The first-order valence-electron chi connectivity index (χ1n) is 12.6. The van der Waals surface area contributed by atoms with E-state index >= 15 is 4.39 Å². The Morgan fingerprint density at radius 1 is 0.939 bits per heavy atom. The number of hydrogen-bond acceptors (Lipinski definition) is 0. The molecule has 170 valence electrons. The Morgan fingerprint density at radius 2 is 1.73 bits per heavy atom. The quantitative estimate of drug-likeness (QED) is 0.196. The van der Waals surface area contributed by atoms with Gasteiger partial charge in [0, 0.05) is 10.9 Å². The van der Waals surface area contributed by atoms with Gasteiger partial charge in [0.15, 0.2) is 0 Å². The first-order valence-corrected chi connectivity index (χ1v) is 12.6. The number of halogens is 1. The highest BCUT2D eigenvalue weighted by molar-refractivity contribution is 5.85. The van der Waals surface area contributed by atoms with Gasteiger partial charge in [0.1, 0.15) is 5.82 Å². The predicted molar refractivity (Wildman–Crippen MR) is 139 cm³/mol. The summed E-state index contributed by atoms with van der Waals surface area (Å²) in [4.78, 5) is 0. The maximum absolute atomic E-state index is 15.2. The molecule has 33 heavy (non-hydrogen) atoms. The lowest BCUT2D eigenvalue weighted by atomic mass is 9.77. The Hall–Kier alpha value is -2.85. The lowest BCUT2D eigenvalue weighted by molar-refractivity contribution is 0.328. The molecule has 0 nitrogen and oxygen atoms in total. The summed E-state index contributed by atoms with van der Waals surface area (Å²) in [6.07, 6.45) is 13.0. The van der Waals surface area contributed by atoms with Crippen molar-refractivity contribution >= 4 is 10.8 Å². The largest absolute Gasteiger partial charge is 0.205 e. The van der Waals surface area contributed by atoms with Gasteiger partial charge >= 0.3 is 0 Å². The molecule has 0 amide bonds. The standard InChI is InChI=1S/C32H35F/c1-3-5-6-8-25-9-11-26(12-10-25)15-18-28-19-20-30-23-29(21-22-31(30)32(28)33)27-16-13-24(7-4-2)14-17-27/h4,9-12,19-24,27H,2-3,5-8,13-14,16-17H2,1H3. The summed E-state index contributed by atoms with van der Waals surface area (Å²) in [5, 5.41) is 1.64. The van der Waals surface area contributed by atoms with Gasteiger partial charge < -0.3 is 0 Å². The summed E-state index contributed by atoms with van der Waals surface area (Å²) in [5.74, 6) is 7.36. The molecule has 3 aromatic rings. The van der Waals surface area contributed by atoms with Crippen molar-refractivity contribution in [2.75, 3.05) is 0 Å². The highest BCUT2D eigenvalue weighted by Crippen LogP contribution is 2.38. The molecule has 0 atom stereocenters. The van der Waals surface area contributed by atoms with E-state index in [4.69, 9.17) is 0 Å². The van der Waals surface area contributed by atoms with Gasteiger partial charge in [-0.1, -0.05) is 74.1 Å². The summed E-state index contributed by atoms with van der Waals surface area (Å²) >= 11 is 0. The second-order valence-electron chi connectivity index (χ2n) is 9.55. The number of allylic oxidation sites excluding steroid dienone is 1. The van der Waals surface area contributed by atoms with Gasteiger partial charge in [0.2, 0.25) is 0 Å². The fourth-order valence-electron chi connectivity index (χ4n) is 5.10. The van der Waals surface area contributed by atoms with Crippen molar-refractivity contribution in [2.45, 2.75) is 70.6 Å². The zero-order valence-corrected chi connectivity index (χ0v) is 19.9. The maximum atomic E-state index is 15.2. The number of hydrogen-bond donors (Lipinski definition) is 0. The van der Waals surface area contributed by atoms with Gasteiger partial charge in [-0.25, -0.2) is 4.39 Å². The monoisotopic (exact) mass is 438 g/mol. The van der Waals surface area contributed by atoms with Crippen LogP contribution >= 0.6 is 0 Å². The first-order chi connectivity index (χ1) is 16.2. The molecule has 0 radical (unpaired) electrons. The van der Waals surface area contributed by atoms with E-state index in [2.05, 4.69) is 49.6 Å². The molecule has 0 aliphatic heterocycles. The number of fused-ring (bicyclic) bond motifs is 1. The van der Waals surface area contributed by atoms with Crippen molar-refractivity contribution in [2.24, 2.45) is 5.92 Å². The van der Waals surface area contributed by atoms with Crippen LogP contribution in [0.25, 0.3) is 10.8 Å². The molecule has 0 spiro atoms. The highest BCUT2D eigenvalue weighted by Gasteiger charge is 2.22. The predicted octanol–water partition coefficient (Wildman–Crippen LogP) is 8.96. The van der Waals surface area contributed by atoms with E-state index in [0.29, 0.717) is 16.9 Å². The van der Waals surface area contributed by atoms with Crippen molar-refractivity contribution in [3.63, 3.8) is 0 Å². The fraction of sp³-hybridized carbons (Fsp3) is 0.375. The van der Waals surface area contributed by atoms with Crippen LogP contribution in [-0.2, 0) is 6.42 Å². The number of benzene rings is 3. The average molecular weight is 439 g/mol. The Morgan fingerprint density at radius 3 is 2.45 bits per heavy atom. The summed E-state index contributed by atoms with van der Waals surface area (Å²) in [7, 11) is 0. The third kappa shape index (κ3) is 5.94. The Kier molecular flexibility index (Phi) is 8.01. The molecule has 0 aromatic heterocycles. The molecule has 0 unspecified atom stereocenters. The highest BCUT2D eigenvalue weighted by atomic mass is 19.1. The first kappa shape index (κ1) is 23.3. The normalized spacial score (nSPS) is 18.0. The van der Waals surface area contributed by atoms with E-state index in [1.54, 1.807) is 0 Å². The molecule has 3 aromatic carbocycles. The van der Waals surface area contributed by atoms with Crippen LogP contribution in [0.5, 0.6) is 0 Å². The molecule has 1 fully saturated rings. The molecule has 1 heteroatoms. The second-order valence-corrected chi connectivity index (χ2v) is 9.55. The zero-order chi connectivity index (χ0) is 23.0. The van der Waals surface area contributed by atoms with Crippen LogP contribution in [0.2, 0.25) is 0 Å². The Labute approximate surface area is 198 Å². The molecule has 0 heterocycles. The minimum Gasteiger partial charge on any atom is -0.205 e. The van der Waals surface area contributed by atoms with E-state index in [1.807, 2.05) is 36.4 Å². The van der Waals surface area contributed by atoms with E-state index in [-0.39, 0.29) is 5.82 Å². The molecular formula is C32H35F. The van der Waals surface area contributed by atoms with Crippen LogP contribution in [0.3, 0.4) is 0 Å². The Balaban J connectivity index is 1.47. The summed E-state index contributed by atoms with van der Waals surface area (Å²) in [6, 6.07) is 18.5. The van der Waals surface area contributed by atoms with Crippen LogP contribution in [0, 0.1) is 23.6 Å². The van der Waals surface area contributed by atoms with Gasteiger partial charge in [-0.15, -0.1) is 6.58 Å². The lowest BCUT2D eigenvalue weighted by Gasteiger charge is -2.28. The van der Waals surface area contributed by atoms with E-state index in [9.17, 15) is 0 Å². The van der Waals surface area contributed by atoms with Crippen LogP contribution < -0.4 is 0 Å². The van der Waals surface area contributed by atoms with Crippen molar-refractivity contribution in [3.05, 3.63) is 95.3 Å². The van der Waals surface area contributed by atoms with Crippen molar-refractivity contribution in [1.82, 2.24) is 0 Å². The van der Waals surface area contributed by atoms with Gasteiger partial charge in [-0.2, -0.15) is 0 Å². The molecule has 0 saturated heterocycles. The topological polar surface area (TPSA) is 0 Å². The fourth-order valence-corrected chi connectivity index (χ4v) is 5.10. The number of aryl methyl sites for hydroxylation is 1. The van der Waals surface area contributed by atoms with Gasteiger partial charge in [0.25, 0.3) is 0 Å². The zero-order valence-electron chi connectivity index (χ0n) is 19.9. The molecule has 0 N–H and O–H groups in total. The number of unbranched alkanes of at least 4 members (excludes halogenated alkanes) is 2. The summed E-state index contributed by atoms with van der Waals surface area (Å²) in [6.45, 7) is 6.10. The van der Waals surface area contributed by atoms with E-state index in [1.165, 1.54) is 56.1 Å². The van der Waals surface area contributed by atoms with E-state index in [0.717, 1.165) is 29.7 Å². The van der Waals surface area contributed by atoms with Gasteiger partial charge in [0.05, 0.1) is 5.56 Å². The third-order valence-corrected chi connectivity index (χ3v) is 7.16. The molecule has 1 aliphatic carbocycles. The van der Waals surface area contributed by atoms with Crippen LogP contribution in [0.15, 0.2) is 67.3 Å². The smallest absolute Gasteiger partial charge is 0.146 e. The van der Waals surface area contributed by atoms with Crippen molar-refractivity contribution in [1.29, 1.82) is 0 Å². The summed E-state index contributed by atoms with van der Waals surface area (Å²) < 4.78 is 15.2. The van der Waals surface area contributed by atoms with Crippen LogP contribution in [0.4, 0.5) is 4.39 Å². The maximum Gasteiger partial charge on any atom is 0.146 e.